The van der Waals surface area contributed by atoms with Gasteiger partial charge in [0.05, 0.1) is 24.1 Å². The Morgan fingerprint density at radius 2 is 1.81 bits per heavy atom. The van der Waals surface area contributed by atoms with Gasteiger partial charge in [-0.05, 0) is 24.8 Å². The van der Waals surface area contributed by atoms with Crippen molar-refractivity contribution in [3.8, 4) is 11.5 Å². The highest BCUT2D eigenvalue weighted by Gasteiger charge is 2.04. The fraction of sp³-hybridized carbons (Fsp3) is 0.667. The molecule has 0 saturated heterocycles. The van der Waals surface area contributed by atoms with Crippen LogP contribution in [0.1, 0.15) is 142 Å². The third-order valence-corrected chi connectivity index (χ3v) is 2.00. The first-order valence-electron chi connectivity index (χ1n) is 23.8. The van der Waals surface area contributed by atoms with E-state index in [0.29, 0.717) is 0 Å². The van der Waals surface area contributed by atoms with Crippen LogP contribution < -0.4 is 9.47 Å². The van der Waals surface area contributed by atoms with Crippen molar-refractivity contribution in [2.75, 3.05) is 13.1 Å². The van der Waals surface area contributed by atoms with E-state index in [0.717, 1.165) is 6.92 Å². The molecule has 1 aromatic rings. The molecule has 0 fully saturated rings. The van der Waals surface area contributed by atoms with Crippen LogP contribution in [-0.4, -0.2) is 13.1 Å². The summed E-state index contributed by atoms with van der Waals surface area (Å²) in [6.07, 6.45) is -50.8. The molecule has 0 amide bonds. The molecule has 2 radical (unpaired) electrons. The van der Waals surface area contributed by atoms with Crippen LogP contribution in [0.2, 0.25) is 0 Å². The lowest BCUT2D eigenvalue weighted by Gasteiger charge is -2.12. The molecule has 0 saturated carbocycles. The molecule has 1 aromatic carbocycles. The summed E-state index contributed by atoms with van der Waals surface area (Å²) in [6.45, 7) is -10.8. The average Bonchev–Trinajstić information content (AvgIpc) is 3.04. The van der Waals surface area contributed by atoms with Gasteiger partial charge in [-0.1, -0.05) is 90.1 Å². The quantitative estimate of drug-likeness (QED) is 0.275. The van der Waals surface area contributed by atoms with E-state index < -0.39 is 132 Å². The topological polar surface area (TPSA) is 18.5 Å². The molecular weight excluding hydrogens is 320 g/mol. The maximum Gasteiger partial charge on any atom is 0.128 e. The third-order valence-electron chi connectivity index (χ3n) is 2.00. The van der Waals surface area contributed by atoms with Gasteiger partial charge in [-0.3, -0.25) is 0 Å². The second-order valence-corrected chi connectivity index (χ2v) is 3.62. The van der Waals surface area contributed by atoms with E-state index in [9.17, 15) is 0 Å². The number of hydrogen-bond acceptors (Lipinski definition) is 2. The van der Waals surface area contributed by atoms with Gasteiger partial charge in [0.1, 0.15) is 11.5 Å². The second-order valence-electron chi connectivity index (χ2n) is 3.62. The molecule has 0 aromatic heterocycles. The largest absolute Gasteiger partial charge is 0.493 e. The van der Waals surface area contributed by atoms with Crippen LogP contribution in [0, 0.1) is 12.6 Å². The van der Waals surface area contributed by atoms with Gasteiger partial charge in [0.25, 0.3) is 0 Å². The summed E-state index contributed by atoms with van der Waals surface area (Å²) in [6, 6.07) is -2.93. The van der Waals surface area contributed by atoms with E-state index in [1.807, 2.05) is 0 Å². The summed E-state index contributed by atoms with van der Waals surface area (Å²) in [7, 11) is 0. The molecular formula is C24H38O2. The minimum absolute atomic E-state index is 0.762. The Kier molecular flexibility index (Phi) is 2.41. The normalized spacial score (nSPS) is 39.7. The Morgan fingerprint density at radius 3 is 2.54 bits per heavy atom. The van der Waals surface area contributed by atoms with E-state index in [-0.39, 0.29) is 0 Å². The van der Waals surface area contributed by atoms with Crippen LogP contribution in [0.5, 0.6) is 11.5 Å². The van der Waals surface area contributed by atoms with Crippen molar-refractivity contribution in [3.63, 3.8) is 0 Å². The molecule has 2 nitrogen and oxygen atoms in total. The first-order chi connectivity index (χ1) is 25.8. The third kappa shape index (κ3) is 10.5. The molecule has 2 heteroatoms. The molecule has 0 aliphatic carbocycles. The minimum atomic E-state index is -4.75. The molecule has 146 valence electrons. The van der Waals surface area contributed by atoms with E-state index in [1.54, 1.807) is 6.07 Å². The summed E-state index contributed by atoms with van der Waals surface area (Å²) in [4.78, 5) is 0. The zero-order valence-electron chi connectivity index (χ0n) is 47.4. The SMILES string of the molecule is [2H][C]=C([2H])c1c([2H])c(OC([2H])([2H])C([2H])([2H])C([2H])([2H])C([2H])([2H])C([2H])([2H])C([2H])([2H])C([2H])([2H])C([2H])([2H])[2H])[c]c([2H])c1OC([2H])([2H])C([2H])([2H])C([2H])([2H])C([2H])([2H])C([2H])([2H])C([2H])([2H])C([2H])C. The van der Waals surface area contributed by atoms with Gasteiger partial charge in [0, 0.05) is 47.3 Å². The summed E-state index contributed by atoms with van der Waals surface area (Å²) in [5, 5.41) is 0. The number of benzene rings is 1. The van der Waals surface area contributed by atoms with Crippen LogP contribution in [0.15, 0.2) is 12.1 Å². The van der Waals surface area contributed by atoms with Crippen LogP contribution in [-0.2, 0) is 0 Å². The highest BCUT2D eigenvalue weighted by Crippen LogP contribution is 2.25. The standard InChI is InChI=1S/C24H38O2/c1-4-7-9-11-13-15-19-25-23-17-18-24(22(6-3)21-23)26-20-16-14-12-10-8-5-2/h3,6,18,21H,4-5,7-16,19-20H2,1-2H3/i1D3,3D,4D2,5D,6D,7D2,8D2,9D2,10D2,11D2,12D2,13D2,14D2,15D2,16D2,18D,19D2,20D2,21D. The molecule has 0 bridgehead atoms. The van der Waals surface area contributed by atoms with Crippen LogP contribution in [0.4, 0.5) is 0 Å². The Hall–Kier alpha value is -1.44. The molecule has 1 unspecified atom stereocenters. The summed E-state index contributed by atoms with van der Waals surface area (Å²) in [5.74, 6) is -3.17. The van der Waals surface area contributed by atoms with Gasteiger partial charge < -0.3 is 9.47 Å². The van der Waals surface area contributed by atoms with Gasteiger partial charge in [-0.2, -0.15) is 0 Å². The summed E-state index contributed by atoms with van der Waals surface area (Å²) < 4.78 is 282. The first kappa shape index (κ1) is 3.98. The number of ether oxygens (including phenoxy) is 2. The van der Waals surface area contributed by atoms with Gasteiger partial charge in [0.15, 0.2) is 0 Å². The smallest absolute Gasteiger partial charge is 0.128 e. The van der Waals surface area contributed by atoms with Gasteiger partial charge in [-0.25, -0.2) is 0 Å². The molecule has 0 aliphatic rings. The maximum atomic E-state index is 8.46. The van der Waals surface area contributed by atoms with Crippen molar-refractivity contribution in [2.24, 2.45) is 0 Å². The Labute approximate surface area is 209 Å². The molecule has 0 heterocycles. The van der Waals surface area contributed by atoms with Crippen molar-refractivity contribution < 1.29 is 56.1 Å². The Balaban J connectivity index is 4.04. The zero-order valence-corrected chi connectivity index (χ0v) is 13.4. The van der Waals surface area contributed by atoms with Gasteiger partial charge >= 0.3 is 0 Å². The van der Waals surface area contributed by atoms with Crippen molar-refractivity contribution in [1.29, 1.82) is 0 Å². The lowest BCUT2D eigenvalue weighted by Crippen LogP contribution is -2.01. The van der Waals surface area contributed by atoms with E-state index >= 15 is 0 Å². The lowest BCUT2D eigenvalue weighted by atomic mass is 10.1. The fourth-order valence-electron chi connectivity index (χ4n) is 1.09. The fourth-order valence-corrected chi connectivity index (χ4v) is 1.09. The minimum Gasteiger partial charge on any atom is -0.493 e. The monoisotopic (exact) mass is 393 g/mol. The van der Waals surface area contributed by atoms with Crippen molar-refractivity contribution in [2.45, 2.75) is 90.3 Å². The van der Waals surface area contributed by atoms with E-state index in [1.165, 1.54) is 6.55 Å². The van der Waals surface area contributed by atoms with Crippen molar-refractivity contribution in [3.05, 3.63) is 30.3 Å². The molecule has 1 atom stereocenters. The van der Waals surface area contributed by atoms with E-state index in [4.69, 9.17) is 56.1 Å². The molecule has 0 aliphatic heterocycles. The molecule has 0 spiro atoms. The highest BCUT2D eigenvalue weighted by atomic mass is 16.5. The van der Waals surface area contributed by atoms with Crippen molar-refractivity contribution in [1.82, 2.24) is 0 Å². The van der Waals surface area contributed by atoms with Crippen molar-refractivity contribution >= 4 is 6.05 Å². The van der Waals surface area contributed by atoms with Crippen LogP contribution in [0.3, 0.4) is 0 Å². The number of rotatable bonds is 17. The van der Waals surface area contributed by atoms with Crippen LogP contribution in [0.25, 0.3) is 6.05 Å². The summed E-state index contributed by atoms with van der Waals surface area (Å²) >= 11 is 0. The first-order valence-corrected chi connectivity index (χ1v) is 6.68. The summed E-state index contributed by atoms with van der Waals surface area (Å²) in [5.41, 5.74) is -1.42. The molecule has 1 rings (SSSR count). The predicted octanol–water partition coefficient (Wildman–Crippen LogP) is 7.41. The molecule has 0 N–H and O–H groups in total. The zero-order chi connectivity index (χ0) is 48.9. The second kappa shape index (κ2) is 15.8. The van der Waals surface area contributed by atoms with Gasteiger partial charge in [0.2, 0.25) is 0 Å². The number of hydrogen-bond donors (Lipinski definition) is 0. The molecule has 26 heavy (non-hydrogen) atoms. The van der Waals surface area contributed by atoms with Gasteiger partial charge in [-0.15, -0.1) is 0 Å². The lowest BCUT2D eigenvalue weighted by molar-refractivity contribution is 0.295. The van der Waals surface area contributed by atoms with Crippen LogP contribution >= 0.6 is 0 Å². The predicted molar refractivity (Wildman–Crippen MR) is 112 cm³/mol. The maximum absolute atomic E-state index is 8.46. The Morgan fingerprint density at radius 1 is 1.12 bits per heavy atom. The Bertz CT molecular complexity index is 1770. The highest BCUT2D eigenvalue weighted by molar-refractivity contribution is 5.57. The van der Waals surface area contributed by atoms with E-state index in [2.05, 4.69) is 0 Å². The average molecular weight is 393 g/mol.